The Labute approximate surface area is 608 Å². The number of benzene rings is 6. The zero-order valence-electron chi connectivity index (χ0n) is 61.6. The predicted molar refractivity (Wildman–Crippen MR) is 416 cm³/mol. The zero-order chi connectivity index (χ0) is 71.7. The number of nitrogens with zero attached hydrogens (tertiary/aromatic N) is 4. The lowest BCUT2D eigenvalue weighted by atomic mass is 9.66. The van der Waals surface area contributed by atoms with E-state index in [1.54, 1.807) is 0 Å². The molecule has 0 unspecified atom stereocenters. The van der Waals surface area contributed by atoms with Crippen molar-refractivity contribution in [2.75, 3.05) is 52.0 Å². The average molecular weight is 1400 g/mol. The van der Waals surface area contributed by atoms with Gasteiger partial charge in [-0.1, -0.05) is 268 Å². The van der Waals surface area contributed by atoms with Crippen molar-refractivity contribution in [1.82, 2.24) is 25.4 Å². The van der Waals surface area contributed by atoms with Gasteiger partial charge in [-0.15, -0.1) is 0 Å². The second-order valence-corrected chi connectivity index (χ2v) is 31.7. The van der Waals surface area contributed by atoms with E-state index in [1.165, 1.54) is 174 Å². The topological polar surface area (TPSA) is 171 Å². The van der Waals surface area contributed by atoms with Crippen molar-refractivity contribution in [3.63, 3.8) is 0 Å². The van der Waals surface area contributed by atoms with Crippen molar-refractivity contribution >= 4 is 52.6 Å². The van der Waals surface area contributed by atoms with Gasteiger partial charge < -0.3 is 10.2 Å². The first kappa shape index (κ1) is 83.1. The van der Waals surface area contributed by atoms with Crippen LogP contribution in [0.25, 0.3) is 0 Å². The van der Waals surface area contributed by atoms with Crippen LogP contribution in [0.3, 0.4) is 0 Å². The first-order chi connectivity index (χ1) is 49.4. The highest BCUT2D eigenvalue weighted by molar-refractivity contribution is 7.95. The summed E-state index contributed by atoms with van der Waals surface area (Å²) in [6.07, 6.45) is 35.3. The number of hydrogen-bond donors (Lipinski definition) is 4. The summed E-state index contributed by atoms with van der Waals surface area (Å²) in [6.45, 7) is 5.57. The molecule has 0 spiro atoms. The van der Waals surface area contributed by atoms with Crippen LogP contribution >= 0.6 is 7.26 Å². The molecular formula is C87H125N5O8P+. The Hall–Kier alpha value is -6.86. The molecule has 4 N–H and O–H groups in total. The second-order valence-electron chi connectivity index (χ2n) is 28.1. The van der Waals surface area contributed by atoms with E-state index >= 15 is 0 Å². The van der Waals surface area contributed by atoms with Crippen LogP contribution in [-0.4, -0.2) is 117 Å². The molecule has 0 heterocycles. The first-order valence-corrected chi connectivity index (χ1v) is 41.1. The van der Waals surface area contributed by atoms with Gasteiger partial charge in [0.25, 0.3) is 0 Å². The van der Waals surface area contributed by atoms with E-state index in [0.717, 1.165) is 56.8 Å². The number of carbonyl (C=O) groups is 5. The Bertz CT molecular complexity index is 2800. The Morgan fingerprint density at radius 3 is 1.03 bits per heavy atom. The summed E-state index contributed by atoms with van der Waals surface area (Å²) in [7, 11) is -1.77. The lowest BCUT2D eigenvalue weighted by Crippen LogP contribution is -2.33. The number of rotatable bonds is 57. The maximum atomic E-state index is 12.8. The van der Waals surface area contributed by atoms with E-state index < -0.39 is 25.0 Å². The lowest BCUT2D eigenvalue weighted by Gasteiger charge is -2.36. The highest BCUT2D eigenvalue weighted by atomic mass is 31.2. The van der Waals surface area contributed by atoms with E-state index in [4.69, 9.17) is 0 Å². The number of Topliss-reactive ketones (excluding diaryl/α,β-unsaturated/α-hetero) is 1. The summed E-state index contributed by atoms with van der Waals surface area (Å²) in [5.74, 6) is -1.67. The molecule has 6 aromatic carbocycles. The number of hydrogen-bond acceptors (Lipinski definition) is 9. The number of amides is 4. The number of unbranched alkanes of at least 4 members (excludes halogenated alkanes) is 25. The van der Waals surface area contributed by atoms with Gasteiger partial charge in [-0.25, -0.2) is 15.2 Å². The standard InChI is InChI=1S/C87H124N5O8P/c1-76(93)90(98)72-46-18-14-34-56-80(94)63-65-85(96)91(99)73-47-26-42-68-88-84(95)64-66-86(97)92(100)74-48-27-45-71-89(69-43-16-11-7-3-2-6-10-15-41-67-87(77-50-28-20-29-51-77,78-52-30-21-31-53-78)79-54-32-22-33-55-79)70-44-17-12-8-4-5-9-13-19-49-75-101(81-57-35-23-36-58-81,82-59-37-24-38-60-82)83-61-39-25-40-62-83/h20-25,28-33,35-40,50-55,57-62,98-100H,2-19,26-27,34,41-49,56,63-75H2,1H3/p+1. The van der Waals surface area contributed by atoms with Gasteiger partial charge in [-0.2, -0.15) is 0 Å². The fourth-order valence-corrected chi connectivity index (χ4v) is 18.8. The molecule has 0 aliphatic rings. The van der Waals surface area contributed by atoms with Crippen LogP contribution in [0.4, 0.5) is 0 Å². The van der Waals surface area contributed by atoms with Crippen LogP contribution in [0, 0.1) is 0 Å². The molecule has 550 valence electrons. The number of nitrogens with one attached hydrogen (secondary N) is 1. The third kappa shape index (κ3) is 31.3. The van der Waals surface area contributed by atoms with Crippen molar-refractivity contribution in [2.45, 2.75) is 243 Å². The molecule has 6 rings (SSSR count). The van der Waals surface area contributed by atoms with Crippen molar-refractivity contribution in [2.24, 2.45) is 0 Å². The van der Waals surface area contributed by atoms with Gasteiger partial charge in [0, 0.05) is 70.6 Å². The number of ketones is 1. The molecule has 0 aromatic heterocycles. The zero-order valence-corrected chi connectivity index (χ0v) is 62.4. The monoisotopic (exact) mass is 1400 g/mol. The van der Waals surface area contributed by atoms with Gasteiger partial charge in [0.15, 0.2) is 0 Å². The van der Waals surface area contributed by atoms with Gasteiger partial charge in [0.2, 0.25) is 23.6 Å². The largest absolute Gasteiger partial charge is 0.356 e. The van der Waals surface area contributed by atoms with E-state index in [-0.39, 0.29) is 62.4 Å². The third-order valence-electron chi connectivity index (χ3n) is 20.3. The minimum absolute atomic E-state index is 0.0165. The summed E-state index contributed by atoms with van der Waals surface area (Å²) in [6, 6.07) is 67.2. The summed E-state index contributed by atoms with van der Waals surface area (Å²) in [5, 5.41) is 39.6. The van der Waals surface area contributed by atoms with Gasteiger partial charge in [0.1, 0.15) is 29.0 Å². The van der Waals surface area contributed by atoms with Crippen LogP contribution in [-0.2, 0) is 29.4 Å². The fraction of sp³-hybridized carbons (Fsp3) is 0.529. The maximum Gasteiger partial charge on any atom is 0.246 e. The van der Waals surface area contributed by atoms with E-state index in [9.17, 15) is 39.6 Å². The van der Waals surface area contributed by atoms with Gasteiger partial charge >= 0.3 is 0 Å². The average Bonchev–Trinajstić information content (AvgIpc) is 0.768. The molecule has 0 saturated heterocycles. The minimum atomic E-state index is -1.77. The summed E-state index contributed by atoms with van der Waals surface area (Å²) in [5.41, 5.74) is 3.93. The van der Waals surface area contributed by atoms with Crippen molar-refractivity contribution in [1.29, 1.82) is 0 Å². The van der Waals surface area contributed by atoms with Crippen LogP contribution in [0.2, 0.25) is 0 Å². The summed E-state index contributed by atoms with van der Waals surface area (Å²) < 4.78 is 0. The van der Waals surface area contributed by atoms with E-state index in [0.29, 0.717) is 61.6 Å². The molecule has 0 fully saturated rings. The van der Waals surface area contributed by atoms with Crippen LogP contribution in [0.5, 0.6) is 0 Å². The van der Waals surface area contributed by atoms with E-state index in [2.05, 4.69) is 192 Å². The van der Waals surface area contributed by atoms with Gasteiger partial charge in [-0.05, 0) is 150 Å². The van der Waals surface area contributed by atoms with Gasteiger partial charge in [0.05, 0.1) is 6.16 Å². The lowest BCUT2D eigenvalue weighted by molar-refractivity contribution is -0.166. The van der Waals surface area contributed by atoms with Crippen molar-refractivity contribution < 1.29 is 39.6 Å². The molecule has 4 amide bonds. The molecule has 13 nitrogen and oxygen atoms in total. The Kier molecular flexibility index (Phi) is 41.5. The van der Waals surface area contributed by atoms with Crippen molar-refractivity contribution in [3.05, 3.63) is 199 Å². The smallest absolute Gasteiger partial charge is 0.246 e. The predicted octanol–water partition coefficient (Wildman–Crippen LogP) is 18.7. The Morgan fingerprint density at radius 1 is 0.327 bits per heavy atom. The van der Waals surface area contributed by atoms with Crippen LogP contribution in [0.1, 0.15) is 255 Å². The Balaban J connectivity index is 0.835. The molecule has 0 radical (unpaired) electrons. The second kappa shape index (κ2) is 50.5. The normalized spacial score (nSPS) is 11.6. The fourth-order valence-electron chi connectivity index (χ4n) is 14.4. The molecule has 14 heteroatoms. The van der Waals surface area contributed by atoms with E-state index in [1.807, 2.05) is 0 Å². The van der Waals surface area contributed by atoms with Crippen molar-refractivity contribution in [3.8, 4) is 0 Å². The molecule has 101 heavy (non-hydrogen) atoms. The van der Waals surface area contributed by atoms with Crippen LogP contribution < -0.4 is 21.2 Å². The first-order valence-electron chi connectivity index (χ1n) is 39.1. The molecule has 0 bridgehead atoms. The highest BCUT2D eigenvalue weighted by Crippen LogP contribution is 2.56. The molecular weight excluding hydrogens is 1270 g/mol. The third-order valence-corrected chi connectivity index (χ3v) is 24.8. The SMILES string of the molecule is CC(=O)N(O)CCCCCCC(=O)CCC(=O)N(O)CCCCCNC(=O)CCC(=O)N(O)CCCCCN(CCCCCCCCCCCCC(c1ccccc1)(c1ccccc1)c1ccccc1)CCCCCCCCCCCC[P+](c1ccccc1)(c1ccccc1)c1ccccc1. The molecule has 0 aliphatic carbocycles. The quantitative estimate of drug-likeness (QED) is 0.00954. The molecule has 6 aromatic rings. The number of carbonyl (C=O) groups excluding carboxylic acids is 5. The highest BCUT2D eigenvalue weighted by Gasteiger charge is 2.44. The van der Waals surface area contributed by atoms with Crippen LogP contribution in [0.15, 0.2) is 182 Å². The molecule has 0 saturated carbocycles. The summed E-state index contributed by atoms with van der Waals surface area (Å²) >= 11 is 0. The van der Waals surface area contributed by atoms with Gasteiger partial charge in [-0.3, -0.25) is 39.6 Å². The Morgan fingerprint density at radius 2 is 0.634 bits per heavy atom. The molecule has 0 atom stereocenters. The minimum Gasteiger partial charge on any atom is -0.356 e. The summed E-state index contributed by atoms with van der Waals surface area (Å²) in [4.78, 5) is 63.8. The maximum absolute atomic E-state index is 12.8. The number of hydroxylamine groups is 6. The molecule has 0 aliphatic heterocycles.